The standard InChI is InChI=1S/C14H19BrFNO3/c1-2-10(5-6-18)8-17-14(19)9-20-13-4-3-11(16)7-12(13)15/h3-4,7,10,18H,2,5-6,8-9H2,1H3,(H,17,19). The summed E-state index contributed by atoms with van der Waals surface area (Å²) in [5, 5.41) is 11.6. The molecule has 0 saturated carbocycles. The highest BCUT2D eigenvalue weighted by atomic mass is 79.9. The second-order valence-electron chi connectivity index (χ2n) is 4.45. The number of carbonyl (C=O) groups is 1. The van der Waals surface area contributed by atoms with Crippen LogP contribution in [0.2, 0.25) is 0 Å². The summed E-state index contributed by atoms with van der Waals surface area (Å²) in [4.78, 5) is 11.6. The first-order valence-electron chi connectivity index (χ1n) is 6.52. The number of halogens is 2. The van der Waals surface area contributed by atoms with Crippen molar-refractivity contribution in [3.63, 3.8) is 0 Å². The normalized spacial score (nSPS) is 12.0. The van der Waals surface area contributed by atoms with E-state index in [1.165, 1.54) is 18.2 Å². The molecule has 0 spiro atoms. The van der Waals surface area contributed by atoms with Crippen molar-refractivity contribution in [2.45, 2.75) is 19.8 Å². The van der Waals surface area contributed by atoms with E-state index in [4.69, 9.17) is 9.84 Å². The molecule has 0 aromatic heterocycles. The van der Waals surface area contributed by atoms with Gasteiger partial charge in [0, 0.05) is 13.2 Å². The maximum absolute atomic E-state index is 12.9. The molecule has 6 heteroatoms. The van der Waals surface area contributed by atoms with E-state index in [1.807, 2.05) is 6.92 Å². The molecule has 0 fully saturated rings. The summed E-state index contributed by atoms with van der Waals surface area (Å²) in [5.74, 6) is 0.0755. The van der Waals surface area contributed by atoms with Crippen molar-refractivity contribution in [3.8, 4) is 5.75 Å². The lowest BCUT2D eigenvalue weighted by molar-refractivity contribution is -0.123. The number of amides is 1. The Hall–Kier alpha value is -1.14. The average molecular weight is 348 g/mol. The summed E-state index contributed by atoms with van der Waals surface area (Å²) >= 11 is 3.17. The molecule has 0 heterocycles. The Morgan fingerprint density at radius 1 is 1.55 bits per heavy atom. The molecule has 1 rings (SSSR count). The first-order chi connectivity index (χ1) is 9.56. The van der Waals surface area contributed by atoms with Crippen molar-refractivity contribution >= 4 is 21.8 Å². The molecule has 112 valence electrons. The number of carbonyl (C=O) groups excluding carboxylic acids is 1. The van der Waals surface area contributed by atoms with E-state index in [0.29, 0.717) is 23.2 Å². The van der Waals surface area contributed by atoms with Crippen LogP contribution in [0.25, 0.3) is 0 Å². The Morgan fingerprint density at radius 2 is 2.30 bits per heavy atom. The fourth-order valence-electron chi connectivity index (χ4n) is 1.68. The Labute approximate surface area is 126 Å². The summed E-state index contributed by atoms with van der Waals surface area (Å²) in [6, 6.07) is 4.02. The molecule has 20 heavy (non-hydrogen) atoms. The lowest BCUT2D eigenvalue weighted by atomic mass is 10.0. The molecule has 1 atom stereocenters. The highest BCUT2D eigenvalue weighted by molar-refractivity contribution is 9.10. The molecule has 1 aromatic rings. The molecular formula is C14H19BrFNO3. The summed E-state index contributed by atoms with van der Waals surface area (Å²) in [5.41, 5.74) is 0. The number of ether oxygens (including phenoxy) is 1. The average Bonchev–Trinajstić information content (AvgIpc) is 2.42. The van der Waals surface area contributed by atoms with Crippen LogP contribution in [0.5, 0.6) is 5.75 Å². The van der Waals surface area contributed by atoms with Crippen molar-refractivity contribution in [3.05, 3.63) is 28.5 Å². The first kappa shape index (κ1) is 16.9. The number of aliphatic hydroxyl groups is 1. The second kappa shape index (κ2) is 8.92. The molecule has 1 unspecified atom stereocenters. The number of nitrogens with one attached hydrogen (secondary N) is 1. The third-order valence-electron chi connectivity index (χ3n) is 2.96. The number of hydrogen-bond acceptors (Lipinski definition) is 3. The van der Waals surface area contributed by atoms with E-state index in [0.717, 1.165) is 6.42 Å². The predicted molar refractivity (Wildman–Crippen MR) is 78.1 cm³/mol. The summed E-state index contributed by atoms with van der Waals surface area (Å²) in [6.45, 7) is 2.52. The smallest absolute Gasteiger partial charge is 0.257 e. The van der Waals surface area contributed by atoms with Gasteiger partial charge in [0.1, 0.15) is 11.6 Å². The minimum Gasteiger partial charge on any atom is -0.483 e. The van der Waals surface area contributed by atoms with Gasteiger partial charge >= 0.3 is 0 Å². The van der Waals surface area contributed by atoms with Gasteiger partial charge in [-0.25, -0.2) is 4.39 Å². The Morgan fingerprint density at radius 3 is 2.90 bits per heavy atom. The fourth-order valence-corrected chi connectivity index (χ4v) is 2.14. The molecule has 2 N–H and O–H groups in total. The van der Waals surface area contributed by atoms with Crippen LogP contribution in [-0.4, -0.2) is 30.8 Å². The van der Waals surface area contributed by atoms with Crippen LogP contribution in [0.4, 0.5) is 4.39 Å². The van der Waals surface area contributed by atoms with Crippen molar-refractivity contribution in [2.24, 2.45) is 5.92 Å². The van der Waals surface area contributed by atoms with Gasteiger partial charge in [-0.2, -0.15) is 0 Å². The number of rotatable bonds is 8. The fraction of sp³-hybridized carbons (Fsp3) is 0.500. The minimum atomic E-state index is -0.372. The lowest BCUT2D eigenvalue weighted by Gasteiger charge is -2.14. The van der Waals surface area contributed by atoms with Gasteiger partial charge in [0.15, 0.2) is 6.61 Å². The van der Waals surface area contributed by atoms with Gasteiger partial charge in [0.2, 0.25) is 0 Å². The lowest BCUT2D eigenvalue weighted by Crippen LogP contribution is -2.33. The van der Waals surface area contributed by atoms with Gasteiger partial charge in [0.25, 0.3) is 5.91 Å². The minimum absolute atomic E-state index is 0.118. The van der Waals surface area contributed by atoms with Crippen LogP contribution in [0.1, 0.15) is 19.8 Å². The summed E-state index contributed by atoms with van der Waals surface area (Å²) in [6.07, 6.45) is 1.56. The SMILES string of the molecule is CCC(CCO)CNC(=O)COc1ccc(F)cc1Br. The molecule has 0 aliphatic carbocycles. The van der Waals surface area contributed by atoms with Gasteiger partial charge in [-0.15, -0.1) is 0 Å². The van der Waals surface area contributed by atoms with Gasteiger partial charge < -0.3 is 15.2 Å². The molecule has 1 aromatic carbocycles. The summed E-state index contributed by atoms with van der Waals surface area (Å²) < 4.78 is 18.7. The monoisotopic (exact) mass is 347 g/mol. The molecule has 0 aliphatic rings. The van der Waals surface area contributed by atoms with Crippen LogP contribution in [0.15, 0.2) is 22.7 Å². The summed E-state index contributed by atoms with van der Waals surface area (Å²) in [7, 11) is 0. The first-order valence-corrected chi connectivity index (χ1v) is 7.31. The topological polar surface area (TPSA) is 58.6 Å². The molecule has 1 amide bonds. The number of benzene rings is 1. The molecule has 0 bridgehead atoms. The zero-order valence-corrected chi connectivity index (χ0v) is 13.0. The van der Waals surface area contributed by atoms with Crippen molar-refractivity contribution < 1.29 is 19.0 Å². The van der Waals surface area contributed by atoms with E-state index in [9.17, 15) is 9.18 Å². The predicted octanol–water partition coefficient (Wildman–Crippen LogP) is 2.49. The van der Waals surface area contributed by atoms with Crippen molar-refractivity contribution in [1.82, 2.24) is 5.32 Å². The zero-order valence-electron chi connectivity index (χ0n) is 11.4. The molecule has 4 nitrogen and oxygen atoms in total. The highest BCUT2D eigenvalue weighted by Gasteiger charge is 2.09. The van der Waals surface area contributed by atoms with Crippen LogP contribution in [0.3, 0.4) is 0 Å². The maximum atomic E-state index is 12.9. The molecule has 0 radical (unpaired) electrons. The Balaban J connectivity index is 2.36. The highest BCUT2D eigenvalue weighted by Crippen LogP contribution is 2.25. The Bertz CT molecular complexity index is 442. The van der Waals surface area contributed by atoms with E-state index < -0.39 is 0 Å². The van der Waals surface area contributed by atoms with E-state index in [1.54, 1.807) is 0 Å². The van der Waals surface area contributed by atoms with Crippen LogP contribution < -0.4 is 10.1 Å². The van der Waals surface area contributed by atoms with Crippen molar-refractivity contribution in [2.75, 3.05) is 19.8 Å². The van der Waals surface area contributed by atoms with Crippen molar-refractivity contribution in [1.29, 1.82) is 0 Å². The third-order valence-corrected chi connectivity index (χ3v) is 3.58. The van der Waals surface area contributed by atoms with Crippen LogP contribution in [0, 0.1) is 11.7 Å². The zero-order chi connectivity index (χ0) is 15.0. The van der Waals surface area contributed by atoms with Gasteiger partial charge in [-0.1, -0.05) is 13.3 Å². The van der Waals surface area contributed by atoms with E-state index in [-0.39, 0.29) is 30.9 Å². The quantitative estimate of drug-likeness (QED) is 0.759. The van der Waals surface area contributed by atoms with E-state index in [2.05, 4.69) is 21.2 Å². The van der Waals surface area contributed by atoms with E-state index >= 15 is 0 Å². The largest absolute Gasteiger partial charge is 0.483 e. The Kier molecular flexibility index (Phi) is 7.54. The van der Waals surface area contributed by atoms with Crippen LogP contribution in [-0.2, 0) is 4.79 Å². The molecular weight excluding hydrogens is 329 g/mol. The molecule has 0 aliphatic heterocycles. The second-order valence-corrected chi connectivity index (χ2v) is 5.31. The maximum Gasteiger partial charge on any atom is 0.257 e. The molecule has 0 saturated heterocycles. The van der Waals surface area contributed by atoms with Gasteiger partial charge in [0.05, 0.1) is 4.47 Å². The number of hydrogen-bond donors (Lipinski definition) is 2. The van der Waals surface area contributed by atoms with Gasteiger partial charge in [-0.3, -0.25) is 4.79 Å². The number of aliphatic hydroxyl groups excluding tert-OH is 1. The van der Waals surface area contributed by atoms with Gasteiger partial charge in [-0.05, 0) is 46.5 Å². The third kappa shape index (κ3) is 5.88. The van der Waals surface area contributed by atoms with Crippen LogP contribution >= 0.6 is 15.9 Å².